The van der Waals surface area contributed by atoms with Gasteiger partial charge in [-0.25, -0.2) is 0 Å². The maximum absolute atomic E-state index is 3.67. The van der Waals surface area contributed by atoms with Crippen LogP contribution in [0.2, 0.25) is 0 Å². The Balaban J connectivity index is 1.92. The van der Waals surface area contributed by atoms with Gasteiger partial charge in [0.15, 0.2) is 0 Å². The second-order valence-electron chi connectivity index (χ2n) is 5.71. The second-order valence-corrected chi connectivity index (χ2v) is 6.69. The molecular weight excluding hydrogens is 216 g/mol. The Morgan fingerprint density at radius 3 is 2.81 bits per heavy atom. The molecule has 3 heteroatoms. The molecule has 0 amide bonds. The molecule has 2 aliphatic rings. The van der Waals surface area contributed by atoms with E-state index in [0.29, 0.717) is 11.6 Å². The molecule has 1 heterocycles. The van der Waals surface area contributed by atoms with Crippen molar-refractivity contribution in [1.82, 2.24) is 10.2 Å². The Kier molecular flexibility index (Phi) is 4.20. The minimum absolute atomic E-state index is 0.449. The van der Waals surface area contributed by atoms with Gasteiger partial charge in [0, 0.05) is 24.7 Å². The van der Waals surface area contributed by atoms with Gasteiger partial charge in [-0.2, -0.15) is 11.8 Å². The topological polar surface area (TPSA) is 15.3 Å². The van der Waals surface area contributed by atoms with Crippen LogP contribution >= 0.6 is 11.8 Å². The van der Waals surface area contributed by atoms with Crippen molar-refractivity contribution < 1.29 is 0 Å². The summed E-state index contributed by atoms with van der Waals surface area (Å²) in [7, 11) is 0. The zero-order valence-corrected chi connectivity index (χ0v) is 11.8. The van der Waals surface area contributed by atoms with E-state index in [-0.39, 0.29) is 0 Å². The largest absolute Gasteiger partial charge is 0.311 e. The van der Waals surface area contributed by atoms with Crippen LogP contribution < -0.4 is 5.32 Å². The molecule has 0 radical (unpaired) electrons. The van der Waals surface area contributed by atoms with Crippen molar-refractivity contribution >= 4 is 11.8 Å². The van der Waals surface area contributed by atoms with Crippen molar-refractivity contribution in [2.75, 3.05) is 31.6 Å². The maximum Gasteiger partial charge on any atom is 0.0334 e. The first-order valence-corrected chi connectivity index (χ1v) is 8.03. The highest BCUT2D eigenvalue weighted by Gasteiger charge is 2.47. The van der Waals surface area contributed by atoms with E-state index in [0.717, 1.165) is 5.92 Å². The number of nitrogens with zero attached hydrogens (tertiary/aromatic N) is 1. The third-order valence-corrected chi connectivity index (χ3v) is 4.96. The summed E-state index contributed by atoms with van der Waals surface area (Å²) in [6.45, 7) is 8.51. The first-order valence-electron chi connectivity index (χ1n) is 6.64. The molecule has 2 unspecified atom stereocenters. The van der Waals surface area contributed by atoms with Gasteiger partial charge >= 0.3 is 0 Å². The molecule has 1 saturated heterocycles. The smallest absolute Gasteiger partial charge is 0.0334 e. The molecular formula is C13H26N2S. The number of thioether (sulfide) groups is 1. The monoisotopic (exact) mass is 242 g/mol. The van der Waals surface area contributed by atoms with E-state index >= 15 is 0 Å². The van der Waals surface area contributed by atoms with Crippen LogP contribution in [0.15, 0.2) is 0 Å². The van der Waals surface area contributed by atoms with Crippen LogP contribution in [0.25, 0.3) is 0 Å². The first-order chi connectivity index (χ1) is 7.66. The van der Waals surface area contributed by atoms with Crippen LogP contribution in [0.5, 0.6) is 0 Å². The molecule has 1 saturated carbocycles. The quantitative estimate of drug-likeness (QED) is 0.744. The lowest BCUT2D eigenvalue weighted by molar-refractivity contribution is 0.0388. The number of nitrogens with one attached hydrogen (secondary N) is 1. The molecule has 2 nitrogen and oxygen atoms in total. The van der Waals surface area contributed by atoms with E-state index in [9.17, 15) is 0 Å². The Bertz CT molecular complexity index is 230. The summed E-state index contributed by atoms with van der Waals surface area (Å²) in [4.78, 5) is 2.77. The van der Waals surface area contributed by atoms with Gasteiger partial charge in [0.2, 0.25) is 0 Å². The molecule has 94 valence electrons. The number of hydrogen-bond acceptors (Lipinski definition) is 3. The predicted octanol–water partition coefficient (Wildman–Crippen LogP) is 2.20. The maximum atomic E-state index is 3.67. The van der Waals surface area contributed by atoms with Crippen molar-refractivity contribution in [2.45, 2.75) is 44.7 Å². The van der Waals surface area contributed by atoms with Crippen molar-refractivity contribution in [3.63, 3.8) is 0 Å². The summed E-state index contributed by atoms with van der Waals surface area (Å²) >= 11 is 1.97. The van der Waals surface area contributed by atoms with Gasteiger partial charge in [-0.15, -0.1) is 0 Å². The number of rotatable bonds is 5. The van der Waals surface area contributed by atoms with Crippen molar-refractivity contribution in [3.8, 4) is 0 Å². The van der Waals surface area contributed by atoms with Gasteiger partial charge in [0.05, 0.1) is 0 Å². The molecule has 1 N–H and O–H groups in total. The van der Waals surface area contributed by atoms with Gasteiger partial charge in [-0.3, -0.25) is 4.90 Å². The van der Waals surface area contributed by atoms with E-state index < -0.39 is 0 Å². The van der Waals surface area contributed by atoms with Crippen LogP contribution in [-0.4, -0.2) is 48.1 Å². The Morgan fingerprint density at radius 1 is 1.44 bits per heavy atom. The highest BCUT2D eigenvalue weighted by molar-refractivity contribution is 7.98. The summed E-state index contributed by atoms with van der Waals surface area (Å²) in [6.07, 6.45) is 6.45. The molecule has 2 atom stereocenters. The summed E-state index contributed by atoms with van der Waals surface area (Å²) in [5, 5.41) is 3.67. The lowest BCUT2D eigenvalue weighted by Gasteiger charge is -2.48. The van der Waals surface area contributed by atoms with Crippen LogP contribution in [0.1, 0.15) is 33.1 Å². The van der Waals surface area contributed by atoms with E-state index in [4.69, 9.17) is 0 Å². The Labute approximate surface area is 105 Å². The van der Waals surface area contributed by atoms with Crippen LogP contribution in [0.3, 0.4) is 0 Å². The SMILES string of the molecule is CSCCCN1CC(C)NCC1(C)C1CC1. The third kappa shape index (κ3) is 2.74. The molecule has 0 aromatic rings. The molecule has 0 aromatic carbocycles. The van der Waals surface area contributed by atoms with Crippen molar-refractivity contribution in [2.24, 2.45) is 5.92 Å². The highest BCUT2D eigenvalue weighted by atomic mass is 32.2. The normalized spacial score (nSPS) is 36.6. The summed E-state index contributed by atoms with van der Waals surface area (Å²) in [5.41, 5.74) is 0.449. The zero-order chi connectivity index (χ0) is 11.6. The van der Waals surface area contributed by atoms with E-state index in [1.165, 1.54) is 44.6 Å². The number of hydrogen-bond donors (Lipinski definition) is 1. The van der Waals surface area contributed by atoms with E-state index in [1.54, 1.807) is 0 Å². The lowest BCUT2D eigenvalue weighted by Crippen LogP contribution is -2.63. The van der Waals surface area contributed by atoms with Gasteiger partial charge in [-0.05, 0) is 57.6 Å². The Morgan fingerprint density at radius 2 is 2.19 bits per heavy atom. The van der Waals surface area contributed by atoms with Crippen LogP contribution in [-0.2, 0) is 0 Å². The fraction of sp³-hybridized carbons (Fsp3) is 1.00. The lowest BCUT2D eigenvalue weighted by atomic mass is 9.89. The minimum Gasteiger partial charge on any atom is -0.311 e. The van der Waals surface area contributed by atoms with Crippen molar-refractivity contribution in [1.29, 1.82) is 0 Å². The predicted molar refractivity (Wildman–Crippen MR) is 73.2 cm³/mol. The first kappa shape index (κ1) is 12.7. The molecule has 2 rings (SSSR count). The fourth-order valence-corrected chi connectivity index (χ4v) is 3.37. The molecule has 0 aromatic heterocycles. The average molecular weight is 242 g/mol. The van der Waals surface area contributed by atoms with Gasteiger partial charge in [-0.1, -0.05) is 0 Å². The Hall–Kier alpha value is 0.270. The highest BCUT2D eigenvalue weighted by Crippen LogP contribution is 2.43. The molecule has 0 bridgehead atoms. The standard InChI is InChI=1S/C13H26N2S/c1-11-9-15(7-4-8-16-3)13(2,10-14-11)12-5-6-12/h11-12,14H,4-10H2,1-3H3. The second kappa shape index (κ2) is 5.28. The van der Waals surface area contributed by atoms with Crippen LogP contribution in [0, 0.1) is 5.92 Å². The molecule has 1 aliphatic heterocycles. The molecule has 1 aliphatic carbocycles. The molecule has 16 heavy (non-hydrogen) atoms. The zero-order valence-electron chi connectivity index (χ0n) is 11.0. The minimum atomic E-state index is 0.449. The van der Waals surface area contributed by atoms with Gasteiger partial charge in [0.25, 0.3) is 0 Å². The summed E-state index contributed by atoms with van der Waals surface area (Å²) in [6, 6.07) is 0.668. The van der Waals surface area contributed by atoms with E-state index in [1.807, 2.05) is 11.8 Å². The average Bonchev–Trinajstić information content (AvgIpc) is 3.07. The van der Waals surface area contributed by atoms with E-state index in [2.05, 4.69) is 30.3 Å². The summed E-state index contributed by atoms with van der Waals surface area (Å²) < 4.78 is 0. The van der Waals surface area contributed by atoms with Crippen LogP contribution in [0.4, 0.5) is 0 Å². The third-order valence-electron chi connectivity index (χ3n) is 4.26. The van der Waals surface area contributed by atoms with Gasteiger partial charge < -0.3 is 5.32 Å². The molecule has 2 fully saturated rings. The van der Waals surface area contributed by atoms with Crippen molar-refractivity contribution in [3.05, 3.63) is 0 Å². The molecule has 0 spiro atoms. The number of piperazine rings is 1. The van der Waals surface area contributed by atoms with Gasteiger partial charge in [0.1, 0.15) is 0 Å². The fourth-order valence-electron chi connectivity index (χ4n) is 2.95. The summed E-state index contributed by atoms with van der Waals surface area (Å²) in [5.74, 6) is 2.26.